The average molecular weight is 334 g/mol. The molecule has 0 radical (unpaired) electrons. The Hall–Kier alpha value is -1.70. The fourth-order valence-corrected chi connectivity index (χ4v) is 3.58. The summed E-state index contributed by atoms with van der Waals surface area (Å²) in [6, 6.07) is 5.75. The zero-order valence-corrected chi connectivity index (χ0v) is 14.4. The predicted molar refractivity (Wildman–Crippen MR) is 93.4 cm³/mol. The Morgan fingerprint density at radius 2 is 2.04 bits per heavy atom. The van der Waals surface area contributed by atoms with Crippen LogP contribution in [0.3, 0.4) is 0 Å². The normalized spacial score (nSPS) is 16.6. The van der Waals surface area contributed by atoms with Gasteiger partial charge < -0.3 is 15.0 Å². The fraction of sp³-hybridized carbons (Fsp3) is 0.500. The van der Waals surface area contributed by atoms with E-state index in [0.29, 0.717) is 11.7 Å². The molecule has 6 nitrogen and oxygen atoms in total. The summed E-state index contributed by atoms with van der Waals surface area (Å²) in [6.07, 6.45) is 0. The zero-order chi connectivity index (χ0) is 16.2. The molecule has 1 saturated heterocycles. The van der Waals surface area contributed by atoms with Crippen LogP contribution in [0, 0.1) is 0 Å². The summed E-state index contributed by atoms with van der Waals surface area (Å²) in [7, 11) is 1.63. The van der Waals surface area contributed by atoms with E-state index in [1.165, 1.54) is 11.3 Å². The second-order valence-electron chi connectivity index (χ2n) is 5.61. The number of amides is 1. The van der Waals surface area contributed by atoms with Crippen LogP contribution in [0.2, 0.25) is 0 Å². The number of methoxy groups -OCH3 is 1. The third kappa shape index (κ3) is 3.99. The molecule has 1 aliphatic heterocycles. The van der Waals surface area contributed by atoms with Gasteiger partial charge in [-0.2, -0.15) is 0 Å². The van der Waals surface area contributed by atoms with E-state index in [1.807, 2.05) is 18.2 Å². The maximum atomic E-state index is 12.2. The smallest absolute Gasteiger partial charge is 0.240 e. The van der Waals surface area contributed by atoms with Crippen molar-refractivity contribution in [2.75, 3.05) is 51.7 Å². The van der Waals surface area contributed by atoms with Crippen LogP contribution in [0.25, 0.3) is 10.2 Å². The molecule has 1 aromatic carbocycles. The van der Waals surface area contributed by atoms with E-state index in [4.69, 9.17) is 4.74 Å². The van der Waals surface area contributed by atoms with Crippen molar-refractivity contribution in [3.05, 3.63) is 18.2 Å². The van der Waals surface area contributed by atoms with E-state index < -0.39 is 0 Å². The molecule has 7 heteroatoms. The van der Waals surface area contributed by atoms with E-state index in [-0.39, 0.29) is 5.91 Å². The molecule has 0 aliphatic carbocycles. The molecule has 0 spiro atoms. The number of likely N-dealkylation sites (N-methyl/N-ethyl adjacent to an activating group) is 1. The lowest BCUT2D eigenvalue weighted by atomic mass is 10.3. The van der Waals surface area contributed by atoms with Gasteiger partial charge in [-0.1, -0.05) is 18.3 Å². The summed E-state index contributed by atoms with van der Waals surface area (Å²) in [6.45, 7) is 7.63. The minimum Gasteiger partial charge on any atom is -0.497 e. The molecule has 3 rings (SSSR count). The first-order valence-electron chi connectivity index (χ1n) is 7.87. The Morgan fingerprint density at radius 1 is 1.30 bits per heavy atom. The number of carbonyl (C=O) groups excluding carboxylic acids is 1. The molecule has 0 bridgehead atoms. The van der Waals surface area contributed by atoms with Gasteiger partial charge in [0.25, 0.3) is 0 Å². The van der Waals surface area contributed by atoms with Gasteiger partial charge in [0.2, 0.25) is 5.91 Å². The first-order valence-corrected chi connectivity index (χ1v) is 8.68. The number of aromatic nitrogens is 1. The van der Waals surface area contributed by atoms with Crippen LogP contribution in [0.4, 0.5) is 5.13 Å². The Balaban J connectivity index is 1.57. The van der Waals surface area contributed by atoms with E-state index in [2.05, 4.69) is 27.0 Å². The number of nitrogens with one attached hydrogen (secondary N) is 1. The number of anilines is 1. The highest BCUT2D eigenvalue weighted by Crippen LogP contribution is 2.28. The van der Waals surface area contributed by atoms with Crippen LogP contribution < -0.4 is 10.1 Å². The van der Waals surface area contributed by atoms with Crippen molar-refractivity contribution in [1.29, 1.82) is 0 Å². The number of ether oxygens (including phenoxy) is 1. The van der Waals surface area contributed by atoms with Gasteiger partial charge in [-0.15, -0.1) is 0 Å². The maximum Gasteiger partial charge on any atom is 0.240 e. The Labute approximate surface area is 140 Å². The van der Waals surface area contributed by atoms with E-state index >= 15 is 0 Å². The number of thiazole rings is 1. The third-order valence-electron chi connectivity index (χ3n) is 4.12. The molecule has 2 heterocycles. The van der Waals surface area contributed by atoms with Gasteiger partial charge in [0, 0.05) is 32.2 Å². The van der Waals surface area contributed by atoms with Gasteiger partial charge in [0.1, 0.15) is 5.75 Å². The lowest BCUT2D eigenvalue weighted by Gasteiger charge is -2.33. The van der Waals surface area contributed by atoms with Crippen molar-refractivity contribution >= 4 is 32.6 Å². The van der Waals surface area contributed by atoms with Gasteiger partial charge in [-0.25, -0.2) is 4.98 Å². The van der Waals surface area contributed by atoms with E-state index in [9.17, 15) is 4.79 Å². The highest BCUT2D eigenvalue weighted by molar-refractivity contribution is 7.22. The number of carbonyl (C=O) groups is 1. The molecule has 1 fully saturated rings. The van der Waals surface area contributed by atoms with Gasteiger partial charge in [0.15, 0.2) is 5.13 Å². The van der Waals surface area contributed by atoms with Crippen LogP contribution >= 0.6 is 11.3 Å². The van der Waals surface area contributed by atoms with Crippen molar-refractivity contribution in [3.63, 3.8) is 0 Å². The van der Waals surface area contributed by atoms with Crippen LogP contribution in [-0.4, -0.2) is 67.1 Å². The fourth-order valence-electron chi connectivity index (χ4n) is 2.71. The van der Waals surface area contributed by atoms with E-state index in [1.54, 1.807) is 7.11 Å². The standard InChI is InChI=1S/C16H22N4O2S/c1-3-19-6-8-20(9-7-19)11-15(21)18-16-17-13-10-12(22-2)4-5-14(13)23-16/h4-5,10H,3,6-9,11H2,1-2H3,(H,17,18,21). The number of benzene rings is 1. The summed E-state index contributed by atoms with van der Waals surface area (Å²) in [5.74, 6) is 0.774. The molecule has 0 saturated carbocycles. The maximum absolute atomic E-state index is 12.2. The Bertz CT molecular complexity index is 680. The van der Waals surface area contributed by atoms with Gasteiger partial charge in [0.05, 0.1) is 23.9 Å². The van der Waals surface area contributed by atoms with Gasteiger partial charge in [-0.3, -0.25) is 9.69 Å². The van der Waals surface area contributed by atoms with Crippen LogP contribution in [-0.2, 0) is 4.79 Å². The monoisotopic (exact) mass is 334 g/mol. The molecule has 1 amide bonds. The summed E-state index contributed by atoms with van der Waals surface area (Å²) in [5, 5.41) is 3.56. The topological polar surface area (TPSA) is 57.7 Å². The quantitative estimate of drug-likeness (QED) is 0.905. The van der Waals surface area contributed by atoms with Crippen LogP contribution in [0.1, 0.15) is 6.92 Å². The molecule has 1 aliphatic rings. The molecule has 1 N–H and O–H groups in total. The second kappa shape index (κ2) is 7.25. The lowest BCUT2D eigenvalue weighted by Crippen LogP contribution is -2.48. The van der Waals surface area contributed by atoms with Crippen molar-refractivity contribution < 1.29 is 9.53 Å². The molecule has 0 atom stereocenters. The summed E-state index contributed by atoms with van der Waals surface area (Å²) >= 11 is 1.49. The highest BCUT2D eigenvalue weighted by atomic mass is 32.1. The number of nitrogens with zero attached hydrogens (tertiary/aromatic N) is 3. The predicted octanol–water partition coefficient (Wildman–Crippen LogP) is 1.88. The van der Waals surface area contributed by atoms with E-state index in [0.717, 1.165) is 48.7 Å². The van der Waals surface area contributed by atoms with Crippen LogP contribution in [0.5, 0.6) is 5.75 Å². The largest absolute Gasteiger partial charge is 0.497 e. The van der Waals surface area contributed by atoms with Crippen molar-refractivity contribution in [3.8, 4) is 5.75 Å². The molecule has 124 valence electrons. The summed E-state index contributed by atoms with van der Waals surface area (Å²) < 4.78 is 6.24. The van der Waals surface area contributed by atoms with Gasteiger partial charge in [-0.05, 0) is 18.7 Å². The SMILES string of the molecule is CCN1CCN(CC(=O)Nc2nc3cc(OC)ccc3s2)CC1. The molecule has 2 aromatic rings. The van der Waals surface area contributed by atoms with Gasteiger partial charge >= 0.3 is 0 Å². The molecular weight excluding hydrogens is 312 g/mol. The van der Waals surface area contributed by atoms with Crippen molar-refractivity contribution in [1.82, 2.24) is 14.8 Å². The number of fused-ring (bicyclic) bond motifs is 1. The molecule has 1 aromatic heterocycles. The first kappa shape index (κ1) is 16.2. The lowest BCUT2D eigenvalue weighted by molar-refractivity contribution is -0.117. The Kier molecular flexibility index (Phi) is 5.09. The van der Waals surface area contributed by atoms with Crippen molar-refractivity contribution in [2.24, 2.45) is 0 Å². The number of rotatable bonds is 5. The Morgan fingerprint density at radius 3 is 2.74 bits per heavy atom. The minimum absolute atomic E-state index is 0.000898. The number of hydrogen-bond acceptors (Lipinski definition) is 6. The molecule has 23 heavy (non-hydrogen) atoms. The minimum atomic E-state index is 0.000898. The summed E-state index contributed by atoms with van der Waals surface area (Å²) in [5.41, 5.74) is 0.848. The average Bonchev–Trinajstić information content (AvgIpc) is 2.96. The summed E-state index contributed by atoms with van der Waals surface area (Å²) in [4.78, 5) is 21.3. The second-order valence-corrected chi connectivity index (χ2v) is 6.64. The van der Waals surface area contributed by atoms with Crippen LogP contribution in [0.15, 0.2) is 18.2 Å². The number of hydrogen-bond donors (Lipinski definition) is 1. The third-order valence-corrected chi connectivity index (χ3v) is 5.07. The molecule has 0 unspecified atom stereocenters. The first-order chi connectivity index (χ1) is 11.2. The number of piperazine rings is 1. The molecular formula is C16H22N4O2S. The highest BCUT2D eigenvalue weighted by Gasteiger charge is 2.18. The zero-order valence-electron chi connectivity index (χ0n) is 13.5. The van der Waals surface area contributed by atoms with Crippen molar-refractivity contribution in [2.45, 2.75) is 6.92 Å².